The predicted molar refractivity (Wildman–Crippen MR) is 102 cm³/mol. The van der Waals surface area contributed by atoms with Crippen molar-refractivity contribution in [1.29, 1.82) is 0 Å². The lowest BCUT2D eigenvalue weighted by Gasteiger charge is -2.19. The quantitative estimate of drug-likeness (QED) is 0.529. The highest BCUT2D eigenvalue weighted by molar-refractivity contribution is 6.37. The van der Waals surface area contributed by atoms with Crippen LogP contribution in [0.3, 0.4) is 0 Å². The molecule has 0 saturated carbocycles. The van der Waals surface area contributed by atoms with Gasteiger partial charge >= 0.3 is 6.18 Å². The molecule has 0 aliphatic heterocycles. The van der Waals surface area contributed by atoms with Crippen LogP contribution >= 0.6 is 11.6 Å². The van der Waals surface area contributed by atoms with Gasteiger partial charge in [0.2, 0.25) is 0 Å². The molecule has 0 saturated heterocycles. The molecule has 3 aromatic rings. The van der Waals surface area contributed by atoms with Gasteiger partial charge in [-0.05, 0) is 30.3 Å². The predicted octanol–water partition coefficient (Wildman–Crippen LogP) is 6.10. The van der Waals surface area contributed by atoms with Gasteiger partial charge in [-0.25, -0.2) is 4.39 Å². The van der Waals surface area contributed by atoms with Crippen molar-refractivity contribution in [3.63, 3.8) is 0 Å². The van der Waals surface area contributed by atoms with Crippen molar-refractivity contribution in [2.45, 2.75) is 6.18 Å². The van der Waals surface area contributed by atoms with E-state index >= 15 is 0 Å². The van der Waals surface area contributed by atoms with Crippen LogP contribution in [0.4, 0.5) is 28.9 Å². The molecule has 0 aliphatic rings. The largest absolute Gasteiger partial charge is 0.421 e. The number of hydrogen-bond donors (Lipinski definition) is 1. The zero-order valence-electron chi connectivity index (χ0n) is 14.9. The molecule has 0 spiro atoms. The van der Waals surface area contributed by atoms with Crippen LogP contribution in [-0.2, 0) is 6.18 Å². The topological polar surface area (TPSA) is 32.3 Å². The molecule has 3 nitrogen and oxygen atoms in total. The number of anilines is 2. The van der Waals surface area contributed by atoms with E-state index in [2.05, 4.69) is 5.32 Å². The van der Waals surface area contributed by atoms with Crippen LogP contribution in [0.15, 0.2) is 48.5 Å². The smallest absolute Gasteiger partial charge is 0.354 e. The summed E-state index contributed by atoms with van der Waals surface area (Å²) in [6, 6.07) is 10.9. The van der Waals surface area contributed by atoms with Crippen LogP contribution < -0.4 is 5.32 Å². The lowest BCUT2D eigenvalue weighted by atomic mass is 10.0. The van der Waals surface area contributed by atoms with Crippen molar-refractivity contribution in [3.05, 3.63) is 70.5 Å². The molecule has 1 amide bonds. The number of carbonyl (C=O) groups excluding carboxylic acids is 1. The maximum Gasteiger partial charge on any atom is 0.421 e. The second kappa shape index (κ2) is 7.31. The summed E-state index contributed by atoms with van der Waals surface area (Å²) in [5.41, 5.74) is -1.24. The fourth-order valence-corrected chi connectivity index (χ4v) is 3.23. The first kappa shape index (κ1) is 19.9. The van der Waals surface area contributed by atoms with Gasteiger partial charge in [0.15, 0.2) is 0 Å². The van der Waals surface area contributed by atoms with E-state index in [4.69, 9.17) is 11.6 Å². The number of rotatable bonds is 3. The zero-order chi connectivity index (χ0) is 20.6. The minimum Gasteiger partial charge on any atom is -0.354 e. The third-order valence-electron chi connectivity index (χ3n) is 4.19. The minimum atomic E-state index is -4.87. The highest BCUT2D eigenvalue weighted by atomic mass is 35.5. The van der Waals surface area contributed by atoms with E-state index < -0.39 is 23.2 Å². The van der Waals surface area contributed by atoms with Crippen LogP contribution in [0.2, 0.25) is 5.02 Å². The number of carbonyl (C=O) groups is 1. The minimum absolute atomic E-state index is 0.268. The second-order valence-electron chi connectivity index (χ2n) is 6.31. The highest BCUT2D eigenvalue weighted by Crippen LogP contribution is 2.40. The first-order valence-corrected chi connectivity index (χ1v) is 8.54. The molecule has 0 fully saturated rings. The molecule has 0 unspecified atom stereocenters. The molecule has 0 radical (unpaired) electrons. The summed E-state index contributed by atoms with van der Waals surface area (Å²) in [6.45, 7) is 0. The van der Waals surface area contributed by atoms with Gasteiger partial charge in [-0.3, -0.25) is 4.79 Å². The fraction of sp³-hybridized carbons (Fsp3) is 0.150. The Hall–Kier alpha value is -2.80. The van der Waals surface area contributed by atoms with Crippen molar-refractivity contribution >= 4 is 39.7 Å². The van der Waals surface area contributed by atoms with Crippen molar-refractivity contribution in [3.8, 4) is 0 Å². The second-order valence-corrected chi connectivity index (χ2v) is 6.72. The first-order valence-electron chi connectivity index (χ1n) is 8.17. The van der Waals surface area contributed by atoms with Gasteiger partial charge < -0.3 is 10.2 Å². The number of halogens is 5. The Morgan fingerprint density at radius 3 is 2.32 bits per heavy atom. The van der Waals surface area contributed by atoms with Crippen molar-refractivity contribution in [2.75, 3.05) is 19.4 Å². The molecule has 0 bridgehead atoms. The van der Waals surface area contributed by atoms with Crippen molar-refractivity contribution in [2.24, 2.45) is 0 Å². The van der Waals surface area contributed by atoms with Crippen LogP contribution in [0.5, 0.6) is 0 Å². The van der Waals surface area contributed by atoms with Gasteiger partial charge in [0.25, 0.3) is 5.91 Å². The monoisotopic (exact) mass is 410 g/mol. The van der Waals surface area contributed by atoms with Gasteiger partial charge in [0, 0.05) is 41.1 Å². The fourth-order valence-electron chi connectivity index (χ4n) is 2.95. The maximum absolute atomic E-state index is 13.9. The Morgan fingerprint density at radius 2 is 1.68 bits per heavy atom. The number of benzene rings is 3. The first-order chi connectivity index (χ1) is 13.1. The molecular weight excluding hydrogens is 396 g/mol. The van der Waals surface area contributed by atoms with Crippen LogP contribution in [0.25, 0.3) is 10.8 Å². The summed E-state index contributed by atoms with van der Waals surface area (Å²) in [5.74, 6) is -1.68. The van der Waals surface area contributed by atoms with E-state index in [1.165, 1.54) is 23.1 Å². The van der Waals surface area contributed by atoms with E-state index in [0.29, 0.717) is 16.3 Å². The standard InChI is InChI=1S/C20H15ClF4N2O/c1-27(2)19(28)12-9-10-15(11-5-3-6-13(21)17(11)12)26-16-8-4-7-14(22)18(16)20(23,24)25/h3-10,26H,1-2H3. The summed E-state index contributed by atoms with van der Waals surface area (Å²) in [5, 5.41) is 3.76. The number of hydrogen-bond acceptors (Lipinski definition) is 2. The molecular formula is C20H15ClF4N2O. The summed E-state index contributed by atoms with van der Waals surface area (Å²) < 4.78 is 53.7. The number of alkyl halides is 3. The molecule has 3 rings (SSSR count). The normalized spacial score (nSPS) is 11.5. The molecule has 0 heterocycles. The average molecular weight is 411 g/mol. The van der Waals surface area contributed by atoms with Gasteiger partial charge in [-0.1, -0.05) is 29.8 Å². The third-order valence-corrected chi connectivity index (χ3v) is 4.51. The summed E-state index contributed by atoms with van der Waals surface area (Å²) in [7, 11) is 3.17. The number of fused-ring (bicyclic) bond motifs is 1. The lowest BCUT2D eigenvalue weighted by molar-refractivity contribution is -0.139. The molecule has 0 atom stereocenters. The molecule has 8 heteroatoms. The Morgan fingerprint density at radius 1 is 1.00 bits per heavy atom. The van der Waals surface area contributed by atoms with Gasteiger partial charge in [-0.2, -0.15) is 13.2 Å². The summed E-state index contributed by atoms with van der Waals surface area (Å²) in [6.07, 6.45) is -4.87. The molecule has 28 heavy (non-hydrogen) atoms. The van der Waals surface area contributed by atoms with E-state index in [1.807, 2.05) is 0 Å². The Kier molecular flexibility index (Phi) is 5.21. The Labute approximate surface area is 163 Å². The molecule has 3 aromatic carbocycles. The van der Waals surface area contributed by atoms with Crippen LogP contribution in [0, 0.1) is 5.82 Å². The zero-order valence-corrected chi connectivity index (χ0v) is 15.6. The third kappa shape index (κ3) is 3.62. The Balaban J connectivity index is 2.20. The van der Waals surface area contributed by atoms with Gasteiger partial charge in [0.1, 0.15) is 11.4 Å². The summed E-state index contributed by atoms with van der Waals surface area (Å²) >= 11 is 6.28. The van der Waals surface area contributed by atoms with Gasteiger partial charge in [-0.15, -0.1) is 0 Å². The molecule has 146 valence electrons. The lowest BCUT2D eigenvalue weighted by Crippen LogP contribution is -2.22. The summed E-state index contributed by atoms with van der Waals surface area (Å²) in [4.78, 5) is 13.8. The van der Waals surface area contributed by atoms with Crippen molar-refractivity contribution < 1.29 is 22.4 Å². The van der Waals surface area contributed by atoms with E-state index in [9.17, 15) is 22.4 Å². The highest BCUT2D eigenvalue weighted by Gasteiger charge is 2.37. The molecule has 0 aliphatic carbocycles. The maximum atomic E-state index is 13.9. The van der Waals surface area contributed by atoms with E-state index in [0.717, 1.165) is 12.1 Å². The number of nitrogens with zero attached hydrogens (tertiary/aromatic N) is 1. The molecule has 0 aromatic heterocycles. The van der Waals surface area contributed by atoms with Gasteiger partial charge in [0.05, 0.1) is 5.69 Å². The number of nitrogens with one attached hydrogen (secondary N) is 1. The van der Waals surface area contributed by atoms with Crippen LogP contribution in [-0.4, -0.2) is 24.9 Å². The van der Waals surface area contributed by atoms with Crippen LogP contribution in [0.1, 0.15) is 15.9 Å². The average Bonchev–Trinajstić information content (AvgIpc) is 2.60. The number of amides is 1. The van der Waals surface area contributed by atoms with E-state index in [-0.39, 0.29) is 16.6 Å². The van der Waals surface area contributed by atoms with E-state index in [1.54, 1.807) is 32.3 Å². The Bertz CT molecular complexity index is 1060. The van der Waals surface area contributed by atoms with Crippen molar-refractivity contribution in [1.82, 2.24) is 4.90 Å². The SMILES string of the molecule is CN(C)C(=O)c1ccc(Nc2cccc(F)c2C(F)(F)F)c2cccc(Cl)c12. The molecule has 1 N–H and O–H groups in total.